The summed E-state index contributed by atoms with van der Waals surface area (Å²) in [4.78, 5) is 0. The minimum atomic E-state index is 0. The second-order valence-corrected chi connectivity index (χ2v) is 3.91. The van der Waals surface area contributed by atoms with Crippen LogP contribution in [0.25, 0.3) is 0 Å². The molecule has 0 amide bonds. The molecule has 0 saturated heterocycles. The zero-order valence-electron chi connectivity index (χ0n) is 10.3. The highest BCUT2D eigenvalue weighted by Gasteiger charge is 1.91. The standard InChI is InChI=1S/C13H23N3.ClH/c14-8-4-9-15-10-5-11-16-12-13-6-2-1-3-7-13;/h1-3,6-7,15-16H,4-5,8-12,14H2;1H. The zero-order chi connectivity index (χ0) is 11.5. The first kappa shape index (κ1) is 16.4. The van der Waals surface area contributed by atoms with Gasteiger partial charge in [-0.25, -0.2) is 0 Å². The first-order valence-electron chi connectivity index (χ1n) is 6.09. The Labute approximate surface area is 111 Å². The second kappa shape index (κ2) is 11.9. The van der Waals surface area contributed by atoms with E-state index in [4.69, 9.17) is 5.73 Å². The largest absolute Gasteiger partial charge is 0.330 e. The van der Waals surface area contributed by atoms with Crippen molar-refractivity contribution in [2.45, 2.75) is 19.4 Å². The van der Waals surface area contributed by atoms with E-state index in [0.29, 0.717) is 0 Å². The van der Waals surface area contributed by atoms with Crippen molar-refractivity contribution in [2.24, 2.45) is 5.73 Å². The van der Waals surface area contributed by atoms with Gasteiger partial charge in [-0.15, -0.1) is 12.4 Å². The fraction of sp³-hybridized carbons (Fsp3) is 0.538. The molecule has 1 rings (SSSR count). The van der Waals surface area contributed by atoms with E-state index in [0.717, 1.165) is 45.6 Å². The van der Waals surface area contributed by atoms with Gasteiger partial charge >= 0.3 is 0 Å². The van der Waals surface area contributed by atoms with Crippen molar-refractivity contribution in [1.29, 1.82) is 0 Å². The van der Waals surface area contributed by atoms with Crippen molar-refractivity contribution >= 4 is 12.4 Å². The molecular formula is C13H24ClN3. The van der Waals surface area contributed by atoms with Crippen molar-refractivity contribution in [1.82, 2.24) is 10.6 Å². The van der Waals surface area contributed by atoms with Crippen LogP contribution in [0, 0.1) is 0 Å². The maximum atomic E-state index is 5.40. The van der Waals surface area contributed by atoms with Crippen LogP contribution in [0.15, 0.2) is 30.3 Å². The van der Waals surface area contributed by atoms with E-state index in [9.17, 15) is 0 Å². The van der Waals surface area contributed by atoms with Crippen LogP contribution in [0.5, 0.6) is 0 Å². The van der Waals surface area contributed by atoms with Gasteiger partial charge in [0.2, 0.25) is 0 Å². The molecule has 0 aliphatic rings. The van der Waals surface area contributed by atoms with Crippen LogP contribution in [0.3, 0.4) is 0 Å². The molecule has 4 heteroatoms. The number of rotatable bonds is 9. The van der Waals surface area contributed by atoms with Gasteiger partial charge in [0, 0.05) is 6.54 Å². The summed E-state index contributed by atoms with van der Waals surface area (Å²) in [5.41, 5.74) is 6.75. The Hall–Kier alpha value is -0.610. The fourth-order valence-electron chi connectivity index (χ4n) is 1.52. The van der Waals surface area contributed by atoms with E-state index in [-0.39, 0.29) is 12.4 Å². The van der Waals surface area contributed by atoms with Crippen molar-refractivity contribution in [2.75, 3.05) is 26.2 Å². The highest BCUT2D eigenvalue weighted by atomic mass is 35.5. The number of halogens is 1. The van der Waals surface area contributed by atoms with Crippen LogP contribution in [0.4, 0.5) is 0 Å². The summed E-state index contributed by atoms with van der Waals surface area (Å²) >= 11 is 0. The molecule has 1 aromatic carbocycles. The Morgan fingerprint density at radius 2 is 1.53 bits per heavy atom. The van der Waals surface area contributed by atoms with E-state index >= 15 is 0 Å². The summed E-state index contributed by atoms with van der Waals surface area (Å²) < 4.78 is 0. The van der Waals surface area contributed by atoms with Crippen LogP contribution >= 0.6 is 12.4 Å². The molecule has 0 atom stereocenters. The van der Waals surface area contributed by atoms with Crippen molar-refractivity contribution in [3.05, 3.63) is 35.9 Å². The summed E-state index contributed by atoms with van der Waals surface area (Å²) in [5.74, 6) is 0. The van der Waals surface area contributed by atoms with Gasteiger partial charge < -0.3 is 16.4 Å². The minimum absolute atomic E-state index is 0. The highest BCUT2D eigenvalue weighted by molar-refractivity contribution is 5.85. The Bertz CT molecular complexity index is 254. The Balaban J connectivity index is 0.00000256. The Morgan fingerprint density at radius 3 is 2.24 bits per heavy atom. The van der Waals surface area contributed by atoms with E-state index in [1.54, 1.807) is 0 Å². The lowest BCUT2D eigenvalue weighted by Gasteiger charge is -2.06. The average molecular weight is 258 g/mol. The average Bonchev–Trinajstić information content (AvgIpc) is 2.34. The van der Waals surface area contributed by atoms with Crippen molar-refractivity contribution in [3.63, 3.8) is 0 Å². The van der Waals surface area contributed by atoms with Crippen molar-refractivity contribution in [3.8, 4) is 0 Å². The second-order valence-electron chi connectivity index (χ2n) is 3.91. The molecule has 0 fully saturated rings. The summed E-state index contributed by atoms with van der Waals surface area (Å²) in [5, 5.41) is 6.79. The number of hydrogen-bond acceptors (Lipinski definition) is 3. The lowest BCUT2D eigenvalue weighted by molar-refractivity contribution is 0.586. The molecule has 3 nitrogen and oxygen atoms in total. The quantitative estimate of drug-likeness (QED) is 0.588. The monoisotopic (exact) mass is 257 g/mol. The molecule has 4 N–H and O–H groups in total. The smallest absolute Gasteiger partial charge is 0.0205 e. The number of nitrogens with two attached hydrogens (primary N) is 1. The molecule has 17 heavy (non-hydrogen) atoms. The van der Waals surface area contributed by atoms with Gasteiger partial charge in [0.1, 0.15) is 0 Å². The molecule has 0 saturated carbocycles. The topological polar surface area (TPSA) is 50.1 Å². The molecule has 0 aliphatic heterocycles. The summed E-state index contributed by atoms with van der Waals surface area (Å²) in [6.07, 6.45) is 2.23. The lowest BCUT2D eigenvalue weighted by Crippen LogP contribution is -2.23. The van der Waals surface area contributed by atoms with E-state index in [1.165, 1.54) is 5.56 Å². The molecule has 0 aromatic heterocycles. The molecule has 98 valence electrons. The molecule has 0 aliphatic carbocycles. The first-order valence-corrected chi connectivity index (χ1v) is 6.09. The van der Waals surface area contributed by atoms with Gasteiger partial charge in [-0.1, -0.05) is 30.3 Å². The van der Waals surface area contributed by atoms with Gasteiger partial charge in [0.15, 0.2) is 0 Å². The molecular weight excluding hydrogens is 234 g/mol. The van der Waals surface area contributed by atoms with Gasteiger partial charge in [0.25, 0.3) is 0 Å². The molecule has 0 radical (unpaired) electrons. The number of benzene rings is 1. The third kappa shape index (κ3) is 9.12. The van der Waals surface area contributed by atoms with Crippen LogP contribution in [0.1, 0.15) is 18.4 Å². The molecule has 1 aromatic rings. The van der Waals surface area contributed by atoms with E-state index < -0.39 is 0 Å². The highest BCUT2D eigenvalue weighted by Crippen LogP contribution is 1.96. The van der Waals surface area contributed by atoms with Gasteiger partial charge in [-0.2, -0.15) is 0 Å². The predicted octanol–water partition coefficient (Wildman–Crippen LogP) is 1.53. The van der Waals surface area contributed by atoms with E-state index in [1.807, 2.05) is 6.07 Å². The van der Waals surface area contributed by atoms with E-state index in [2.05, 4.69) is 34.9 Å². The van der Waals surface area contributed by atoms with Crippen LogP contribution < -0.4 is 16.4 Å². The van der Waals surface area contributed by atoms with Gasteiger partial charge in [-0.3, -0.25) is 0 Å². The normalized spacial score (nSPS) is 9.94. The fourth-order valence-corrected chi connectivity index (χ4v) is 1.52. The maximum absolute atomic E-state index is 5.40. The van der Waals surface area contributed by atoms with Crippen LogP contribution in [-0.2, 0) is 6.54 Å². The summed E-state index contributed by atoms with van der Waals surface area (Å²) in [7, 11) is 0. The molecule has 0 heterocycles. The predicted molar refractivity (Wildman–Crippen MR) is 76.6 cm³/mol. The maximum Gasteiger partial charge on any atom is 0.0205 e. The third-order valence-corrected chi connectivity index (χ3v) is 2.44. The Morgan fingerprint density at radius 1 is 0.882 bits per heavy atom. The van der Waals surface area contributed by atoms with Crippen LogP contribution in [0.2, 0.25) is 0 Å². The Kier molecular flexibility index (Phi) is 11.4. The first-order chi connectivity index (χ1) is 7.93. The molecule has 0 bridgehead atoms. The SMILES string of the molecule is Cl.NCCCNCCCNCc1ccccc1. The zero-order valence-corrected chi connectivity index (χ0v) is 11.1. The summed E-state index contributed by atoms with van der Waals surface area (Å²) in [6, 6.07) is 10.5. The number of nitrogens with one attached hydrogen (secondary N) is 2. The van der Waals surface area contributed by atoms with Crippen LogP contribution in [-0.4, -0.2) is 26.2 Å². The minimum Gasteiger partial charge on any atom is -0.330 e. The molecule has 0 unspecified atom stereocenters. The lowest BCUT2D eigenvalue weighted by atomic mass is 10.2. The number of hydrogen-bond donors (Lipinski definition) is 3. The summed E-state index contributed by atoms with van der Waals surface area (Å²) in [6.45, 7) is 4.91. The third-order valence-electron chi connectivity index (χ3n) is 2.44. The van der Waals surface area contributed by atoms with Gasteiger partial charge in [-0.05, 0) is 44.6 Å². The van der Waals surface area contributed by atoms with Crippen molar-refractivity contribution < 1.29 is 0 Å². The van der Waals surface area contributed by atoms with Gasteiger partial charge in [0.05, 0.1) is 0 Å². The molecule has 0 spiro atoms.